The molecule has 0 unspecified atom stereocenters. The molecule has 0 fully saturated rings. The van der Waals surface area contributed by atoms with Crippen LogP contribution >= 0.6 is 11.6 Å². The number of fused-ring (bicyclic) bond motifs is 2. The second-order valence-corrected chi connectivity index (χ2v) is 7.22. The first-order chi connectivity index (χ1) is 14.7. The number of benzene rings is 2. The zero-order chi connectivity index (χ0) is 20.5. The van der Waals surface area contributed by atoms with Crippen LogP contribution in [0.15, 0.2) is 72.0 Å². The fourth-order valence-corrected chi connectivity index (χ4v) is 3.89. The molecule has 0 aliphatic heterocycles. The molecular weight excluding hydrogens is 400 g/mol. The summed E-state index contributed by atoms with van der Waals surface area (Å²) in [6, 6.07) is 17.1. The highest BCUT2D eigenvalue weighted by molar-refractivity contribution is 6.35. The molecule has 7 nitrogen and oxygen atoms in total. The number of para-hydroxylation sites is 1. The molecular formula is C22H17ClN6O. The molecule has 148 valence electrons. The molecule has 2 aromatic carbocycles. The molecule has 0 bridgehead atoms. The van der Waals surface area contributed by atoms with E-state index in [1.807, 2.05) is 48.5 Å². The maximum atomic E-state index is 13.4. The second kappa shape index (κ2) is 7.61. The van der Waals surface area contributed by atoms with Crippen LogP contribution in [0, 0.1) is 0 Å². The number of hydrogen-bond acceptors (Lipinski definition) is 5. The summed E-state index contributed by atoms with van der Waals surface area (Å²) in [5.74, 6) is 0.676. The largest absolute Gasteiger partial charge is 0.368 e. The van der Waals surface area contributed by atoms with Crippen molar-refractivity contribution >= 4 is 39.4 Å². The third kappa shape index (κ3) is 3.19. The van der Waals surface area contributed by atoms with Crippen molar-refractivity contribution in [2.75, 3.05) is 11.9 Å². The summed E-state index contributed by atoms with van der Waals surface area (Å²) >= 11 is 6.35. The van der Waals surface area contributed by atoms with Gasteiger partial charge in [-0.1, -0.05) is 41.9 Å². The Morgan fingerprint density at radius 1 is 1.03 bits per heavy atom. The molecule has 2 N–H and O–H groups in total. The Kier molecular flexibility index (Phi) is 4.65. The van der Waals surface area contributed by atoms with E-state index in [4.69, 9.17) is 11.6 Å². The molecule has 0 amide bonds. The number of hydrogen-bond donors (Lipinski definition) is 2. The molecule has 3 heterocycles. The van der Waals surface area contributed by atoms with Gasteiger partial charge >= 0.3 is 0 Å². The first-order valence-corrected chi connectivity index (χ1v) is 9.87. The number of halogens is 1. The van der Waals surface area contributed by atoms with Gasteiger partial charge in [0, 0.05) is 24.3 Å². The third-order valence-corrected chi connectivity index (χ3v) is 5.30. The number of aromatic amines is 1. The van der Waals surface area contributed by atoms with E-state index in [9.17, 15) is 4.79 Å². The highest BCUT2D eigenvalue weighted by Crippen LogP contribution is 2.23. The Balaban J connectivity index is 1.54. The minimum atomic E-state index is -0.128. The summed E-state index contributed by atoms with van der Waals surface area (Å²) in [5.41, 5.74) is 2.91. The minimum Gasteiger partial charge on any atom is -0.368 e. The molecule has 0 saturated carbocycles. The molecule has 0 aliphatic rings. The molecule has 3 aromatic heterocycles. The van der Waals surface area contributed by atoms with Crippen LogP contribution in [0.25, 0.3) is 27.6 Å². The van der Waals surface area contributed by atoms with Crippen LogP contribution in [0.4, 0.5) is 5.82 Å². The monoisotopic (exact) mass is 416 g/mol. The van der Waals surface area contributed by atoms with Gasteiger partial charge in [-0.2, -0.15) is 0 Å². The number of H-pyrrole nitrogens is 1. The van der Waals surface area contributed by atoms with E-state index in [2.05, 4.69) is 25.3 Å². The first kappa shape index (κ1) is 18.3. The highest BCUT2D eigenvalue weighted by atomic mass is 35.5. The van der Waals surface area contributed by atoms with Crippen molar-refractivity contribution < 1.29 is 0 Å². The van der Waals surface area contributed by atoms with Gasteiger partial charge in [-0.05, 0) is 29.7 Å². The minimum absolute atomic E-state index is 0.128. The van der Waals surface area contributed by atoms with Crippen LogP contribution < -0.4 is 10.9 Å². The number of aromatic nitrogens is 5. The smallest absolute Gasteiger partial charge is 0.264 e. The standard InChI is InChI=1S/C22H17ClN6O/c23-17-8-4-5-14-11-16(29(22(30)18(14)17)15-6-2-1-3-7-15)9-10-24-20-19-21(26-12-25-19)28-13-27-20/h1-8,11-13H,9-10H2,(H2,24,25,26,27,28). The highest BCUT2D eigenvalue weighted by Gasteiger charge is 2.13. The summed E-state index contributed by atoms with van der Waals surface area (Å²) < 4.78 is 1.72. The van der Waals surface area contributed by atoms with Crippen LogP contribution in [-0.4, -0.2) is 31.0 Å². The lowest BCUT2D eigenvalue weighted by Crippen LogP contribution is -2.24. The van der Waals surface area contributed by atoms with E-state index < -0.39 is 0 Å². The van der Waals surface area contributed by atoms with Crippen molar-refractivity contribution in [1.29, 1.82) is 0 Å². The lowest BCUT2D eigenvalue weighted by Gasteiger charge is -2.16. The molecule has 0 aliphatic carbocycles. The van der Waals surface area contributed by atoms with Crippen molar-refractivity contribution in [2.24, 2.45) is 0 Å². The molecule has 5 rings (SSSR count). The van der Waals surface area contributed by atoms with Gasteiger partial charge in [-0.3, -0.25) is 9.36 Å². The Morgan fingerprint density at radius 3 is 2.77 bits per heavy atom. The quantitative estimate of drug-likeness (QED) is 0.452. The molecule has 0 radical (unpaired) electrons. The molecule has 0 saturated heterocycles. The van der Waals surface area contributed by atoms with Gasteiger partial charge in [-0.15, -0.1) is 0 Å². The van der Waals surface area contributed by atoms with Gasteiger partial charge in [-0.25, -0.2) is 15.0 Å². The van der Waals surface area contributed by atoms with Gasteiger partial charge in [0.1, 0.15) is 11.8 Å². The zero-order valence-corrected chi connectivity index (χ0v) is 16.6. The van der Waals surface area contributed by atoms with E-state index in [-0.39, 0.29) is 5.56 Å². The van der Waals surface area contributed by atoms with E-state index >= 15 is 0 Å². The molecule has 0 atom stereocenters. The Labute approximate surface area is 176 Å². The normalized spacial score (nSPS) is 11.2. The van der Waals surface area contributed by atoms with E-state index in [0.717, 1.165) is 22.3 Å². The van der Waals surface area contributed by atoms with Crippen molar-refractivity contribution in [3.63, 3.8) is 0 Å². The molecule has 8 heteroatoms. The van der Waals surface area contributed by atoms with E-state index in [1.54, 1.807) is 17.0 Å². The number of rotatable bonds is 5. The van der Waals surface area contributed by atoms with E-state index in [1.165, 1.54) is 6.33 Å². The number of imidazole rings is 1. The maximum absolute atomic E-state index is 13.4. The van der Waals surface area contributed by atoms with Gasteiger partial charge in [0.25, 0.3) is 5.56 Å². The molecule has 5 aromatic rings. The lowest BCUT2D eigenvalue weighted by molar-refractivity contribution is 0.859. The first-order valence-electron chi connectivity index (χ1n) is 9.49. The summed E-state index contributed by atoms with van der Waals surface area (Å²) in [5, 5.41) is 5.12. The van der Waals surface area contributed by atoms with Crippen LogP contribution in [0.3, 0.4) is 0 Å². The van der Waals surface area contributed by atoms with Crippen LogP contribution in [0.5, 0.6) is 0 Å². The van der Waals surface area contributed by atoms with Crippen molar-refractivity contribution in [3.05, 3.63) is 88.3 Å². The number of pyridine rings is 1. The molecule has 0 spiro atoms. The van der Waals surface area contributed by atoms with Gasteiger partial charge < -0.3 is 10.3 Å². The number of nitrogens with zero attached hydrogens (tertiary/aromatic N) is 4. The fourth-order valence-electron chi connectivity index (χ4n) is 3.63. The summed E-state index contributed by atoms with van der Waals surface area (Å²) in [6.07, 6.45) is 3.67. The second-order valence-electron chi connectivity index (χ2n) is 6.82. The Hall–Kier alpha value is -3.71. The molecule has 30 heavy (non-hydrogen) atoms. The topological polar surface area (TPSA) is 88.5 Å². The van der Waals surface area contributed by atoms with Gasteiger partial charge in [0.05, 0.1) is 16.7 Å². The fraction of sp³-hybridized carbons (Fsp3) is 0.0909. The Bertz CT molecular complexity index is 1410. The summed E-state index contributed by atoms with van der Waals surface area (Å²) in [6.45, 7) is 0.573. The predicted octanol–water partition coefficient (Wildman–Crippen LogP) is 3.97. The summed E-state index contributed by atoms with van der Waals surface area (Å²) in [4.78, 5) is 29.0. The maximum Gasteiger partial charge on any atom is 0.264 e. The third-order valence-electron chi connectivity index (χ3n) is 4.98. The van der Waals surface area contributed by atoms with Crippen molar-refractivity contribution in [2.45, 2.75) is 6.42 Å². The SMILES string of the molecule is O=c1c2c(Cl)cccc2cc(CCNc2ncnc3nc[nH]c23)n1-c1ccccc1. The van der Waals surface area contributed by atoms with Crippen molar-refractivity contribution in [1.82, 2.24) is 24.5 Å². The van der Waals surface area contributed by atoms with Gasteiger partial charge in [0.15, 0.2) is 11.5 Å². The zero-order valence-electron chi connectivity index (χ0n) is 15.8. The number of anilines is 1. The average Bonchev–Trinajstić information content (AvgIpc) is 3.24. The van der Waals surface area contributed by atoms with Crippen LogP contribution in [-0.2, 0) is 6.42 Å². The Morgan fingerprint density at radius 2 is 1.90 bits per heavy atom. The van der Waals surface area contributed by atoms with Crippen LogP contribution in [0.1, 0.15) is 5.69 Å². The van der Waals surface area contributed by atoms with Gasteiger partial charge in [0.2, 0.25) is 0 Å². The summed E-state index contributed by atoms with van der Waals surface area (Å²) in [7, 11) is 0. The lowest BCUT2D eigenvalue weighted by atomic mass is 10.1. The average molecular weight is 417 g/mol. The van der Waals surface area contributed by atoms with Crippen molar-refractivity contribution in [3.8, 4) is 5.69 Å². The number of nitrogens with one attached hydrogen (secondary N) is 2. The predicted molar refractivity (Wildman–Crippen MR) is 118 cm³/mol. The van der Waals surface area contributed by atoms with Crippen LogP contribution in [0.2, 0.25) is 5.02 Å². The van der Waals surface area contributed by atoms with E-state index in [0.29, 0.717) is 34.8 Å².